The summed E-state index contributed by atoms with van der Waals surface area (Å²) in [6.45, 7) is 9.10. The van der Waals surface area contributed by atoms with Crippen molar-refractivity contribution in [2.24, 2.45) is 10.2 Å². The number of benzene rings is 3. The Morgan fingerprint density at radius 1 is 0.846 bits per heavy atom. The van der Waals surface area contributed by atoms with Crippen molar-refractivity contribution < 1.29 is 0 Å². The number of fused-ring (bicyclic) bond motifs is 1. The molecule has 0 atom stereocenters. The lowest BCUT2D eigenvalue weighted by atomic mass is 10.1. The van der Waals surface area contributed by atoms with Crippen LogP contribution in [0.1, 0.15) is 26.3 Å². The van der Waals surface area contributed by atoms with Gasteiger partial charge in [0.15, 0.2) is 0 Å². The van der Waals surface area contributed by atoms with Gasteiger partial charge in [0, 0.05) is 5.69 Å². The van der Waals surface area contributed by atoms with Crippen molar-refractivity contribution in [1.29, 1.82) is 0 Å². The summed E-state index contributed by atoms with van der Waals surface area (Å²) < 4.78 is 0. The SMILES string of the molecule is CC.CCNC.Cc1cc(N=Nc2ccc3ccccc3c2)ccc1N. The zero-order valence-electron chi connectivity index (χ0n) is 16.5. The third kappa shape index (κ3) is 6.65. The average Bonchev–Trinajstić information content (AvgIpc) is 2.70. The van der Waals surface area contributed by atoms with Crippen molar-refractivity contribution in [1.82, 2.24) is 5.32 Å². The van der Waals surface area contributed by atoms with Crippen LogP contribution in [0.5, 0.6) is 0 Å². The smallest absolute Gasteiger partial charge is 0.0863 e. The van der Waals surface area contributed by atoms with E-state index in [4.69, 9.17) is 5.73 Å². The molecule has 0 saturated carbocycles. The number of aryl methyl sites for hydroxylation is 1. The number of hydrogen-bond acceptors (Lipinski definition) is 4. The Morgan fingerprint density at radius 3 is 1.96 bits per heavy atom. The summed E-state index contributed by atoms with van der Waals surface area (Å²) in [7, 11) is 1.93. The van der Waals surface area contributed by atoms with E-state index in [1.165, 1.54) is 5.39 Å². The van der Waals surface area contributed by atoms with E-state index < -0.39 is 0 Å². The van der Waals surface area contributed by atoms with Crippen molar-refractivity contribution >= 4 is 27.8 Å². The Bertz CT molecular complexity index is 823. The summed E-state index contributed by atoms with van der Waals surface area (Å²) in [5.74, 6) is 0. The molecule has 26 heavy (non-hydrogen) atoms. The van der Waals surface area contributed by atoms with Crippen LogP contribution in [0.15, 0.2) is 70.9 Å². The van der Waals surface area contributed by atoms with Gasteiger partial charge >= 0.3 is 0 Å². The van der Waals surface area contributed by atoms with E-state index in [1.807, 2.05) is 70.3 Å². The highest BCUT2D eigenvalue weighted by molar-refractivity contribution is 5.85. The maximum atomic E-state index is 5.79. The van der Waals surface area contributed by atoms with Crippen LogP contribution in [0.4, 0.5) is 17.1 Å². The van der Waals surface area contributed by atoms with E-state index in [9.17, 15) is 0 Å². The number of nitrogens with two attached hydrogens (primary N) is 1. The number of rotatable bonds is 3. The van der Waals surface area contributed by atoms with Crippen molar-refractivity contribution in [3.05, 3.63) is 66.2 Å². The van der Waals surface area contributed by atoms with Gasteiger partial charge in [-0.3, -0.25) is 0 Å². The number of nitrogen functional groups attached to an aromatic ring is 1. The number of nitrogens with zero attached hydrogens (tertiary/aromatic N) is 2. The van der Waals surface area contributed by atoms with Crippen LogP contribution in [0.2, 0.25) is 0 Å². The highest BCUT2D eigenvalue weighted by Gasteiger charge is 1.97. The minimum Gasteiger partial charge on any atom is -0.399 e. The molecule has 3 N–H and O–H groups in total. The van der Waals surface area contributed by atoms with Crippen molar-refractivity contribution in [3.8, 4) is 0 Å². The molecule has 0 radical (unpaired) electrons. The highest BCUT2D eigenvalue weighted by Crippen LogP contribution is 2.24. The Morgan fingerprint density at radius 2 is 1.38 bits per heavy atom. The molecule has 0 saturated heterocycles. The molecule has 4 nitrogen and oxygen atoms in total. The Balaban J connectivity index is 0.000000500. The summed E-state index contributed by atoms with van der Waals surface area (Å²) in [5.41, 5.74) is 9.23. The first-order valence-corrected chi connectivity index (χ1v) is 9.05. The van der Waals surface area contributed by atoms with Crippen LogP contribution in [0, 0.1) is 6.92 Å². The second-order valence-electron chi connectivity index (χ2n) is 5.48. The van der Waals surface area contributed by atoms with E-state index >= 15 is 0 Å². The predicted molar refractivity (Wildman–Crippen MR) is 115 cm³/mol. The minimum atomic E-state index is 0.773. The molecular weight excluding hydrogens is 320 g/mol. The van der Waals surface area contributed by atoms with Gasteiger partial charge in [0.25, 0.3) is 0 Å². The fourth-order valence-electron chi connectivity index (χ4n) is 2.08. The van der Waals surface area contributed by atoms with Crippen LogP contribution < -0.4 is 11.1 Å². The van der Waals surface area contributed by atoms with Gasteiger partial charge in [-0.2, -0.15) is 10.2 Å². The van der Waals surface area contributed by atoms with Crippen LogP contribution >= 0.6 is 0 Å². The molecule has 138 valence electrons. The Hall–Kier alpha value is -2.72. The molecule has 3 rings (SSSR count). The molecule has 0 amide bonds. The normalized spacial score (nSPS) is 10.0. The van der Waals surface area contributed by atoms with Crippen molar-refractivity contribution in [2.45, 2.75) is 27.7 Å². The summed E-state index contributed by atoms with van der Waals surface area (Å²) in [6, 6.07) is 19.9. The molecule has 0 aromatic heterocycles. The van der Waals surface area contributed by atoms with Gasteiger partial charge in [-0.1, -0.05) is 51.1 Å². The van der Waals surface area contributed by atoms with E-state index in [0.717, 1.165) is 34.6 Å². The Kier molecular flexibility index (Phi) is 9.65. The Labute approximate surface area is 157 Å². The molecule has 0 bridgehead atoms. The van der Waals surface area contributed by atoms with Crippen molar-refractivity contribution in [3.63, 3.8) is 0 Å². The van der Waals surface area contributed by atoms with E-state index in [0.29, 0.717) is 0 Å². The summed E-state index contributed by atoms with van der Waals surface area (Å²) >= 11 is 0. The molecule has 3 aromatic rings. The predicted octanol–water partition coefficient (Wildman–Crippen LogP) is 6.40. The molecule has 0 aliphatic heterocycles. The van der Waals surface area contributed by atoms with Gasteiger partial charge in [0.1, 0.15) is 0 Å². The van der Waals surface area contributed by atoms with Gasteiger partial charge in [0.2, 0.25) is 0 Å². The zero-order chi connectivity index (χ0) is 19.4. The first kappa shape index (κ1) is 21.3. The fraction of sp³-hybridized carbons (Fsp3) is 0.273. The lowest BCUT2D eigenvalue weighted by molar-refractivity contribution is 0.864. The zero-order valence-corrected chi connectivity index (χ0v) is 16.5. The second kappa shape index (κ2) is 11.8. The summed E-state index contributed by atoms with van der Waals surface area (Å²) in [5, 5.41) is 13.8. The molecule has 0 unspecified atom stereocenters. The number of azo groups is 1. The summed E-state index contributed by atoms with van der Waals surface area (Å²) in [4.78, 5) is 0. The van der Waals surface area contributed by atoms with Crippen LogP contribution in [-0.4, -0.2) is 13.6 Å². The molecule has 0 fully saturated rings. The van der Waals surface area contributed by atoms with Gasteiger partial charge in [-0.25, -0.2) is 0 Å². The number of hydrogen-bond donors (Lipinski definition) is 2. The lowest BCUT2D eigenvalue weighted by Gasteiger charge is -2.00. The third-order valence-electron chi connectivity index (χ3n) is 3.62. The van der Waals surface area contributed by atoms with Gasteiger partial charge < -0.3 is 11.1 Å². The molecule has 3 aromatic carbocycles. The van der Waals surface area contributed by atoms with E-state index in [-0.39, 0.29) is 0 Å². The third-order valence-corrected chi connectivity index (χ3v) is 3.62. The highest BCUT2D eigenvalue weighted by atomic mass is 15.1. The molecule has 0 heterocycles. The van der Waals surface area contributed by atoms with Crippen LogP contribution in [-0.2, 0) is 0 Å². The standard InChI is InChI=1S/C17H15N3.C3H9N.C2H6/c1-12-10-15(8-9-17(12)18)19-20-16-7-6-13-4-2-3-5-14(13)11-16;1-3-4-2;1-2/h2-11H,18H2,1H3;4H,3H2,1-2H3;1-2H3. The van der Waals surface area contributed by atoms with Crippen LogP contribution in [0.25, 0.3) is 10.8 Å². The van der Waals surface area contributed by atoms with E-state index in [2.05, 4.69) is 40.7 Å². The topological polar surface area (TPSA) is 62.8 Å². The van der Waals surface area contributed by atoms with Gasteiger partial charge in [-0.15, -0.1) is 0 Å². The molecule has 0 spiro atoms. The molecular formula is C22H30N4. The van der Waals surface area contributed by atoms with Gasteiger partial charge in [0.05, 0.1) is 11.4 Å². The van der Waals surface area contributed by atoms with Crippen LogP contribution in [0.3, 0.4) is 0 Å². The first-order valence-electron chi connectivity index (χ1n) is 9.05. The molecule has 0 aliphatic rings. The minimum absolute atomic E-state index is 0.773. The maximum Gasteiger partial charge on any atom is 0.0863 e. The van der Waals surface area contributed by atoms with E-state index in [1.54, 1.807) is 0 Å². The maximum absolute atomic E-state index is 5.79. The quantitative estimate of drug-likeness (QED) is 0.424. The first-order chi connectivity index (χ1) is 12.6. The van der Waals surface area contributed by atoms with Gasteiger partial charge in [-0.05, 0) is 67.2 Å². The number of anilines is 1. The largest absolute Gasteiger partial charge is 0.399 e. The lowest BCUT2D eigenvalue weighted by Crippen LogP contribution is -2.01. The average molecular weight is 351 g/mol. The molecule has 4 heteroatoms. The molecule has 0 aliphatic carbocycles. The monoisotopic (exact) mass is 350 g/mol. The fourth-order valence-corrected chi connectivity index (χ4v) is 2.08. The second-order valence-corrected chi connectivity index (χ2v) is 5.48. The summed E-state index contributed by atoms with van der Waals surface area (Å²) in [6.07, 6.45) is 0. The number of nitrogens with one attached hydrogen (secondary N) is 1. The van der Waals surface area contributed by atoms with Crippen molar-refractivity contribution in [2.75, 3.05) is 19.3 Å².